The molecule has 1 aromatic carbocycles. The lowest BCUT2D eigenvalue weighted by Crippen LogP contribution is -2.59. The molecule has 25 heavy (non-hydrogen) atoms. The van der Waals surface area contributed by atoms with E-state index in [0.29, 0.717) is 36.3 Å². The van der Waals surface area contributed by atoms with E-state index in [1.54, 1.807) is 11.5 Å². The summed E-state index contributed by atoms with van der Waals surface area (Å²) < 4.78 is 28.7. The first kappa shape index (κ1) is 17.2. The van der Waals surface area contributed by atoms with E-state index in [1.807, 2.05) is 13.8 Å². The van der Waals surface area contributed by atoms with Crippen LogP contribution in [0.5, 0.6) is 0 Å². The van der Waals surface area contributed by atoms with Crippen molar-refractivity contribution in [3.8, 4) is 0 Å². The Morgan fingerprint density at radius 2 is 2.00 bits per heavy atom. The van der Waals surface area contributed by atoms with Crippen LogP contribution in [0.1, 0.15) is 37.7 Å². The van der Waals surface area contributed by atoms with Crippen molar-refractivity contribution in [3.63, 3.8) is 0 Å². The van der Waals surface area contributed by atoms with Crippen molar-refractivity contribution >= 4 is 17.7 Å². The van der Waals surface area contributed by atoms with E-state index in [-0.39, 0.29) is 5.78 Å². The standard InChI is InChI=1S/C17H19F2N5O/c1-4-13-15(25)14(10-6-7-11(18)12(19)8-10)24-9(3)21-16(20-5-2)23-17(24)22-13/h6-8,13-14H,4-5H2,1-3H3,(H,20,22,23)/p+1. The Kier molecular flexibility index (Phi) is 4.61. The van der Waals surface area contributed by atoms with Gasteiger partial charge < -0.3 is 5.32 Å². The molecule has 2 N–H and O–H groups in total. The second-order valence-corrected chi connectivity index (χ2v) is 5.90. The van der Waals surface area contributed by atoms with Crippen molar-refractivity contribution in [1.29, 1.82) is 0 Å². The van der Waals surface area contributed by atoms with Gasteiger partial charge >= 0.3 is 11.9 Å². The highest BCUT2D eigenvalue weighted by Crippen LogP contribution is 2.25. The quantitative estimate of drug-likeness (QED) is 0.829. The fourth-order valence-corrected chi connectivity index (χ4v) is 3.03. The van der Waals surface area contributed by atoms with Gasteiger partial charge in [0.05, 0.1) is 0 Å². The van der Waals surface area contributed by atoms with Crippen LogP contribution in [0, 0.1) is 18.6 Å². The van der Waals surface area contributed by atoms with Crippen molar-refractivity contribution in [2.24, 2.45) is 0 Å². The summed E-state index contributed by atoms with van der Waals surface area (Å²) in [6, 6.07) is 2.26. The summed E-state index contributed by atoms with van der Waals surface area (Å²) in [4.78, 5) is 21.7. The lowest BCUT2D eigenvalue weighted by Gasteiger charge is -2.28. The van der Waals surface area contributed by atoms with Gasteiger partial charge in [0.25, 0.3) is 0 Å². The Hall–Kier alpha value is -2.64. The van der Waals surface area contributed by atoms with Crippen LogP contribution in [0.15, 0.2) is 18.2 Å². The molecule has 1 aromatic heterocycles. The highest BCUT2D eigenvalue weighted by atomic mass is 19.2. The molecule has 0 saturated heterocycles. The second kappa shape index (κ2) is 6.70. The molecular weight excluding hydrogens is 328 g/mol. The lowest BCUT2D eigenvalue weighted by molar-refractivity contribution is -0.700. The van der Waals surface area contributed by atoms with Crippen LogP contribution in [0.3, 0.4) is 0 Å². The Morgan fingerprint density at radius 3 is 2.64 bits per heavy atom. The number of nitrogens with one attached hydrogen (secondary N) is 2. The molecule has 6 nitrogen and oxygen atoms in total. The van der Waals surface area contributed by atoms with Gasteiger partial charge in [0.2, 0.25) is 11.6 Å². The third-order valence-corrected chi connectivity index (χ3v) is 4.23. The van der Waals surface area contributed by atoms with Gasteiger partial charge in [0, 0.05) is 13.5 Å². The minimum absolute atomic E-state index is 0.131. The normalized spacial score (nSPS) is 19.3. The number of ketones is 1. The van der Waals surface area contributed by atoms with Crippen molar-refractivity contribution < 1.29 is 18.1 Å². The molecule has 1 aliphatic heterocycles. The molecule has 2 unspecified atom stereocenters. The number of anilines is 2. The zero-order valence-electron chi connectivity index (χ0n) is 14.3. The predicted molar refractivity (Wildman–Crippen MR) is 88.3 cm³/mol. The Morgan fingerprint density at radius 1 is 1.24 bits per heavy atom. The first-order valence-electron chi connectivity index (χ1n) is 8.25. The van der Waals surface area contributed by atoms with E-state index in [1.165, 1.54) is 6.07 Å². The Labute approximate surface area is 144 Å². The molecule has 2 heterocycles. The number of hydrogen-bond donors (Lipinski definition) is 2. The van der Waals surface area contributed by atoms with E-state index in [2.05, 4.69) is 20.6 Å². The maximum absolute atomic E-state index is 13.7. The van der Waals surface area contributed by atoms with Gasteiger partial charge in [0.1, 0.15) is 6.04 Å². The fraction of sp³-hybridized carbons (Fsp3) is 0.412. The van der Waals surface area contributed by atoms with E-state index < -0.39 is 23.7 Å². The molecule has 0 bridgehead atoms. The molecule has 0 fully saturated rings. The van der Waals surface area contributed by atoms with Crippen LogP contribution in [0.25, 0.3) is 0 Å². The van der Waals surface area contributed by atoms with Gasteiger partial charge in [-0.15, -0.1) is 0 Å². The van der Waals surface area contributed by atoms with E-state index in [9.17, 15) is 13.6 Å². The molecule has 0 aliphatic carbocycles. The molecule has 8 heteroatoms. The SMILES string of the molecule is CCNc1nc(C)[n+]2c(n1)NC(CC)C(=O)C2c1ccc(F)c(F)c1. The van der Waals surface area contributed by atoms with Gasteiger partial charge in [-0.25, -0.2) is 13.3 Å². The highest BCUT2D eigenvalue weighted by molar-refractivity contribution is 5.91. The number of nitrogens with zero attached hydrogens (tertiary/aromatic N) is 3. The number of hydrogen-bond acceptors (Lipinski definition) is 5. The van der Waals surface area contributed by atoms with Gasteiger partial charge in [-0.3, -0.25) is 10.1 Å². The first-order chi connectivity index (χ1) is 12.0. The smallest absolute Gasteiger partial charge is 0.333 e. The first-order valence-corrected chi connectivity index (χ1v) is 8.25. The van der Waals surface area contributed by atoms with Crippen LogP contribution in [0.4, 0.5) is 20.7 Å². The number of rotatable bonds is 4. The van der Waals surface area contributed by atoms with Crippen molar-refractivity contribution in [3.05, 3.63) is 41.2 Å². The summed E-state index contributed by atoms with van der Waals surface area (Å²) in [6.45, 7) is 6.22. The average Bonchev–Trinajstić information content (AvgIpc) is 2.58. The van der Waals surface area contributed by atoms with Gasteiger partial charge in [-0.2, -0.15) is 0 Å². The monoisotopic (exact) mass is 348 g/mol. The second-order valence-electron chi connectivity index (χ2n) is 5.90. The molecule has 2 atom stereocenters. The van der Waals surface area contributed by atoms with E-state index >= 15 is 0 Å². The largest absolute Gasteiger partial charge is 0.353 e. The van der Waals surface area contributed by atoms with E-state index in [0.717, 1.165) is 12.1 Å². The molecule has 132 valence electrons. The minimum Gasteiger partial charge on any atom is -0.333 e. The van der Waals surface area contributed by atoms with Gasteiger partial charge in [0.15, 0.2) is 17.7 Å². The maximum Gasteiger partial charge on any atom is 0.353 e. The van der Waals surface area contributed by atoms with Crippen LogP contribution in [0.2, 0.25) is 0 Å². The van der Waals surface area contributed by atoms with Crippen LogP contribution in [-0.4, -0.2) is 28.3 Å². The van der Waals surface area contributed by atoms with Gasteiger partial charge in [-0.1, -0.05) is 23.0 Å². The van der Waals surface area contributed by atoms with Crippen molar-refractivity contribution in [1.82, 2.24) is 9.97 Å². The fourth-order valence-electron chi connectivity index (χ4n) is 3.03. The predicted octanol–water partition coefficient (Wildman–Crippen LogP) is 2.15. The molecular formula is C17H20F2N5O+. The number of carbonyl (C=O) groups excluding carboxylic acids is 1. The molecule has 3 rings (SSSR count). The lowest BCUT2D eigenvalue weighted by atomic mass is 9.94. The van der Waals surface area contributed by atoms with E-state index in [4.69, 9.17) is 0 Å². The zero-order valence-corrected chi connectivity index (χ0v) is 14.3. The minimum atomic E-state index is -0.984. The molecule has 0 radical (unpaired) electrons. The van der Waals surface area contributed by atoms with Crippen LogP contribution < -0.4 is 15.2 Å². The number of aromatic nitrogens is 3. The average molecular weight is 348 g/mol. The zero-order chi connectivity index (χ0) is 18.1. The molecule has 0 amide bonds. The van der Waals surface area contributed by atoms with Crippen molar-refractivity contribution in [2.75, 3.05) is 17.2 Å². The van der Waals surface area contributed by atoms with Gasteiger partial charge in [-0.05, 0) is 31.0 Å². The molecule has 0 saturated carbocycles. The third kappa shape index (κ3) is 3.04. The Balaban J connectivity index is 2.17. The maximum atomic E-state index is 13.7. The summed E-state index contributed by atoms with van der Waals surface area (Å²) in [7, 11) is 0. The highest BCUT2D eigenvalue weighted by Gasteiger charge is 2.41. The number of aryl methyl sites for hydroxylation is 1. The molecule has 2 aromatic rings. The summed E-state index contributed by atoms with van der Waals surface area (Å²) >= 11 is 0. The number of benzene rings is 1. The molecule has 0 spiro atoms. The summed E-state index contributed by atoms with van der Waals surface area (Å²) in [5.74, 6) is -0.587. The number of carbonyl (C=O) groups is 1. The third-order valence-electron chi connectivity index (χ3n) is 4.23. The van der Waals surface area contributed by atoms with Crippen molar-refractivity contribution in [2.45, 2.75) is 39.3 Å². The summed E-state index contributed by atoms with van der Waals surface area (Å²) in [5, 5.41) is 6.16. The number of fused-ring (bicyclic) bond motifs is 1. The van der Waals surface area contributed by atoms with Crippen LogP contribution in [-0.2, 0) is 4.79 Å². The molecule has 1 aliphatic rings. The summed E-state index contributed by atoms with van der Waals surface area (Å²) in [6.07, 6.45) is 0.554. The number of Topliss-reactive ketones (excluding diaryl/α,β-unsaturated/α-hetero) is 1. The Bertz CT molecular complexity index is 827. The topological polar surface area (TPSA) is 70.8 Å². The van der Waals surface area contributed by atoms with Crippen LogP contribution >= 0.6 is 0 Å². The summed E-state index contributed by atoms with van der Waals surface area (Å²) in [5.41, 5.74) is 0.373. The number of halogens is 2.